The molecule has 2 aliphatic rings. The van der Waals surface area contributed by atoms with Gasteiger partial charge in [-0.15, -0.1) is 0 Å². The number of anilines is 1. The Morgan fingerprint density at radius 3 is 2.30 bits per heavy atom. The number of carbonyl (C=O) groups excluding carboxylic acids is 2. The third kappa shape index (κ3) is 3.87. The van der Waals surface area contributed by atoms with Gasteiger partial charge in [0.05, 0.1) is 5.92 Å². The van der Waals surface area contributed by atoms with Crippen molar-refractivity contribution < 1.29 is 14.7 Å². The summed E-state index contributed by atoms with van der Waals surface area (Å²) in [6.07, 6.45) is 0. The summed E-state index contributed by atoms with van der Waals surface area (Å²) in [6, 6.07) is 28.8. The molecule has 184 valence electrons. The normalized spacial score (nSPS) is 24.2. The smallest absolute Gasteiger partial charge is 0.250 e. The second kappa shape index (κ2) is 9.14. The van der Waals surface area contributed by atoms with Crippen LogP contribution in [0.25, 0.3) is 0 Å². The van der Waals surface area contributed by atoms with Crippen molar-refractivity contribution in [2.24, 2.45) is 5.92 Å². The average molecular weight is 574 g/mol. The lowest BCUT2D eigenvalue weighted by Crippen LogP contribution is -2.50. The van der Waals surface area contributed by atoms with E-state index in [-0.39, 0.29) is 23.5 Å². The average Bonchev–Trinajstić information content (AvgIpc) is 3.40. The number of hydrogen-bond acceptors (Lipinski definition) is 4. The number of aromatic hydroxyl groups is 1. The number of nitrogens with one attached hydrogen (secondary N) is 2. The van der Waals surface area contributed by atoms with Crippen molar-refractivity contribution in [1.29, 1.82) is 0 Å². The summed E-state index contributed by atoms with van der Waals surface area (Å²) >= 11 is 9.79. The van der Waals surface area contributed by atoms with Gasteiger partial charge in [-0.3, -0.25) is 14.9 Å². The Bertz CT molecular complexity index is 1510. The van der Waals surface area contributed by atoms with Crippen molar-refractivity contribution in [2.45, 2.75) is 17.5 Å². The highest BCUT2D eigenvalue weighted by atomic mass is 79.9. The monoisotopic (exact) mass is 572 g/mol. The molecule has 1 fully saturated rings. The fourth-order valence-corrected chi connectivity index (χ4v) is 6.31. The summed E-state index contributed by atoms with van der Waals surface area (Å²) in [5.41, 5.74) is 2.37. The van der Waals surface area contributed by atoms with Gasteiger partial charge in [0.2, 0.25) is 5.91 Å². The van der Waals surface area contributed by atoms with E-state index in [4.69, 9.17) is 11.6 Å². The molecule has 5 nitrogen and oxygen atoms in total. The highest BCUT2D eigenvalue weighted by Gasteiger charge is 2.64. The van der Waals surface area contributed by atoms with E-state index in [1.807, 2.05) is 72.8 Å². The maximum atomic E-state index is 14.4. The fraction of sp³-hybridized carbons (Fsp3) is 0.133. The van der Waals surface area contributed by atoms with Gasteiger partial charge in [-0.1, -0.05) is 70.0 Å². The zero-order valence-electron chi connectivity index (χ0n) is 19.5. The minimum atomic E-state index is -1.32. The summed E-state index contributed by atoms with van der Waals surface area (Å²) in [6.45, 7) is 0. The molecular weight excluding hydrogens is 552 g/mol. The lowest BCUT2D eigenvalue weighted by molar-refractivity contribution is -0.122. The first-order valence-electron chi connectivity index (χ1n) is 11.9. The molecule has 0 aliphatic carbocycles. The van der Waals surface area contributed by atoms with E-state index in [1.165, 1.54) is 12.1 Å². The number of carbonyl (C=O) groups is 2. The Hall–Kier alpha value is -3.45. The van der Waals surface area contributed by atoms with Crippen LogP contribution in [0.15, 0.2) is 102 Å². The summed E-state index contributed by atoms with van der Waals surface area (Å²) in [4.78, 5) is 28.4. The molecule has 7 heteroatoms. The predicted molar refractivity (Wildman–Crippen MR) is 147 cm³/mol. The van der Waals surface area contributed by atoms with Crippen LogP contribution < -0.4 is 10.6 Å². The maximum absolute atomic E-state index is 14.4. The minimum Gasteiger partial charge on any atom is -0.508 e. The number of ketones is 1. The van der Waals surface area contributed by atoms with E-state index in [9.17, 15) is 14.7 Å². The number of phenolic OH excluding ortho intramolecular Hbond substituents is 1. The molecule has 6 rings (SSSR count). The Morgan fingerprint density at radius 2 is 1.59 bits per heavy atom. The minimum absolute atomic E-state index is 0.0695. The Balaban J connectivity index is 1.63. The standard InChI is InChI=1S/C30H22BrClN2O3/c31-20-10-15-24-23(16-20)30(29(37)33-24)26(28(36)19-8-13-22(35)14-9-19)25(17-6-11-21(32)12-7-17)27(34-30)18-4-2-1-3-5-18/h1-16,25-27,34-35H,(H,33,37)/t25-,26?,27+,30?/m0/s1. The fourth-order valence-electron chi connectivity index (χ4n) is 5.82. The molecule has 1 saturated heterocycles. The van der Waals surface area contributed by atoms with E-state index >= 15 is 0 Å². The molecule has 3 N–H and O–H groups in total. The van der Waals surface area contributed by atoms with E-state index < -0.39 is 17.4 Å². The summed E-state index contributed by atoms with van der Waals surface area (Å²) in [5.74, 6) is -1.57. The number of fused-ring (bicyclic) bond motifs is 2. The van der Waals surface area contributed by atoms with Crippen molar-refractivity contribution >= 4 is 44.9 Å². The molecular formula is C30H22BrClN2O3. The van der Waals surface area contributed by atoms with E-state index in [0.717, 1.165) is 21.2 Å². The second-order valence-electron chi connectivity index (χ2n) is 9.45. The van der Waals surface area contributed by atoms with Gasteiger partial charge in [0, 0.05) is 38.3 Å². The lowest BCUT2D eigenvalue weighted by Gasteiger charge is -2.31. The van der Waals surface area contributed by atoms with Crippen LogP contribution in [0.1, 0.15) is 39.0 Å². The number of benzene rings is 4. The zero-order chi connectivity index (χ0) is 25.7. The number of amides is 1. The largest absolute Gasteiger partial charge is 0.508 e. The highest BCUT2D eigenvalue weighted by Crippen LogP contribution is 2.57. The van der Waals surface area contributed by atoms with E-state index in [0.29, 0.717) is 16.3 Å². The van der Waals surface area contributed by atoms with Gasteiger partial charge in [0.25, 0.3) is 0 Å². The van der Waals surface area contributed by atoms with Crippen molar-refractivity contribution in [3.05, 3.63) is 129 Å². The molecule has 0 bridgehead atoms. The van der Waals surface area contributed by atoms with Crippen LogP contribution in [0.2, 0.25) is 5.02 Å². The Kier molecular flexibility index (Phi) is 5.91. The van der Waals surface area contributed by atoms with Gasteiger partial charge in [-0.25, -0.2) is 0 Å². The van der Waals surface area contributed by atoms with Crippen LogP contribution in [0.4, 0.5) is 5.69 Å². The van der Waals surface area contributed by atoms with Crippen LogP contribution in [0.3, 0.4) is 0 Å². The quantitative estimate of drug-likeness (QED) is 0.241. The van der Waals surface area contributed by atoms with Crippen LogP contribution in [0.5, 0.6) is 5.75 Å². The van der Waals surface area contributed by atoms with Crippen LogP contribution in [-0.4, -0.2) is 16.8 Å². The van der Waals surface area contributed by atoms with Gasteiger partial charge in [-0.05, 0) is 65.7 Å². The molecule has 0 saturated carbocycles. The van der Waals surface area contributed by atoms with Gasteiger partial charge >= 0.3 is 0 Å². The SMILES string of the molecule is O=C(c1ccc(O)cc1)C1[C@H](c2ccc(Cl)cc2)[C@@H](c2ccccc2)NC12C(=O)Nc1ccc(Br)cc12. The first-order chi connectivity index (χ1) is 17.9. The van der Waals surface area contributed by atoms with E-state index in [1.54, 1.807) is 12.1 Å². The molecule has 4 aromatic rings. The van der Waals surface area contributed by atoms with Crippen LogP contribution >= 0.6 is 27.5 Å². The first-order valence-corrected chi connectivity index (χ1v) is 13.1. The molecule has 2 aliphatic heterocycles. The first kappa shape index (κ1) is 23.9. The summed E-state index contributed by atoms with van der Waals surface area (Å²) in [5, 5.41) is 17.1. The highest BCUT2D eigenvalue weighted by molar-refractivity contribution is 9.10. The molecule has 0 aromatic heterocycles. The molecule has 4 aromatic carbocycles. The van der Waals surface area contributed by atoms with E-state index in [2.05, 4.69) is 26.6 Å². The molecule has 2 heterocycles. The van der Waals surface area contributed by atoms with Crippen molar-refractivity contribution in [3.63, 3.8) is 0 Å². The molecule has 4 atom stereocenters. The number of rotatable bonds is 4. The number of hydrogen-bond donors (Lipinski definition) is 3. The Labute approximate surface area is 227 Å². The van der Waals surface area contributed by atoms with Crippen LogP contribution in [0, 0.1) is 5.92 Å². The van der Waals surface area contributed by atoms with Crippen molar-refractivity contribution in [2.75, 3.05) is 5.32 Å². The Morgan fingerprint density at radius 1 is 0.892 bits per heavy atom. The summed E-state index contributed by atoms with van der Waals surface area (Å²) < 4.78 is 0.811. The topological polar surface area (TPSA) is 78.4 Å². The second-order valence-corrected chi connectivity index (χ2v) is 10.8. The summed E-state index contributed by atoms with van der Waals surface area (Å²) in [7, 11) is 0. The van der Waals surface area contributed by atoms with Gasteiger partial charge in [0.1, 0.15) is 11.3 Å². The van der Waals surface area contributed by atoms with Crippen molar-refractivity contribution in [3.8, 4) is 5.75 Å². The lowest BCUT2D eigenvalue weighted by atomic mass is 9.69. The van der Waals surface area contributed by atoms with Gasteiger partial charge < -0.3 is 10.4 Å². The molecule has 1 spiro atoms. The predicted octanol–water partition coefficient (Wildman–Crippen LogP) is 6.58. The maximum Gasteiger partial charge on any atom is 0.250 e. The molecule has 1 amide bonds. The number of halogens is 2. The molecule has 2 unspecified atom stereocenters. The molecule has 0 radical (unpaired) electrons. The number of phenols is 1. The third-order valence-corrected chi connectivity index (χ3v) is 8.17. The van der Waals surface area contributed by atoms with Gasteiger partial charge in [0.15, 0.2) is 5.78 Å². The third-order valence-electron chi connectivity index (χ3n) is 7.43. The number of Topliss-reactive ketones (excluding diaryl/α,β-unsaturated/α-hetero) is 1. The van der Waals surface area contributed by atoms with Gasteiger partial charge in [-0.2, -0.15) is 0 Å². The van der Waals surface area contributed by atoms with Crippen molar-refractivity contribution in [1.82, 2.24) is 5.32 Å². The zero-order valence-corrected chi connectivity index (χ0v) is 21.8. The molecule has 37 heavy (non-hydrogen) atoms. The van der Waals surface area contributed by atoms with Crippen LogP contribution in [-0.2, 0) is 10.3 Å².